The minimum absolute atomic E-state index is 0.110. The number of aromatic nitrogens is 3. The van der Waals surface area contributed by atoms with Gasteiger partial charge in [-0.15, -0.1) is 10.2 Å². The fourth-order valence-electron chi connectivity index (χ4n) is 2.16. The Bertz CT molecular complexity index is 853. The Morgan fingerprint density at radius 3 is 2.67 bits per heavy atom. The number of benzene rings is 1. The number of thioether (sulfide) groups is 1. The molecule has 1 aromatic carbocycles. The van der Waals surface area contributed by atoms with Gasteiger partial charge < -0.3 is 15.2 Å². The molecule has 1 heterocycles. The third kappa shape index (κ3) is 5.20. The van der Waals surface area contributed by atoms with Gasteiger partial charge in [-0.05, 0) is 26.0 Å². The van der Waals surface area contributed by atoms with Gasteiger partial charge in [-0.3, -0.25) is 19.5 Å². The predicted molar refractivity (Wildman–Crippen MR) is 96.7 cm³/mol. The molecule has 0 fully saturated rings. The second kappa shape index (κ2) is 9.03. The van der Waals surface area contributed by atoms with Crippen molar-refractivity contribution < 1.29 is 23.9 Å². The summed E-state index contributed by atoms with van der Waals surface area (Å²) in [4.78, 5) is 34.2. The Morgan fingerprint density at radius 1 is 1.30 bits per heavy atom. The Kier molecular flexibility index (Phi) is 6.77. The van der Waals surface area contributed by atoms with Crippen molar-refractivity contribution in [3.8, 4) is 11.4 Å². The van der Waals surface area contributed by atoms with Crippen LogP contribution >= 0.6 is 11.8 Å². The number of carbonyl (C=O) groups is 3. The number of urea groups is 1. The maximum Gasteiger partial charge on any atom is 0.318 e. The first-order valence-corrected chi connectivity index (χ1v) is 8.80. The lowest BCUT2D eigenvalue weighted by atomic mass is 10.3. The van der Waals surface area contributed by atoms with E-state index in [-0.39, 0.29) is 5.75 Å². The van der Waals surface area contributed by atoms with Crippen LogP contribution in [0.1, 0.15) is 12.7 Å². The van der Waals surface area contributed by atoms with Gasteiger partial charge in [-0.25, -0.2) is 4.79 Å². The number of nitrogens with zero attached hydrogens (tertiary/aromatic N) is 3. The average molecular weight is 393 g/mol. The van der Waals surface area contributed by atoms with Gasteiger partial charge in [0.1, 0.15) is 11.6 Å². The van der Waals surface area contributed by atoms with E-state index in [1.807, 2.05) is 23.5 Å². The molecule has 11 heteroatoms. The first kappa shape index (κ1) is 20.2. The number of nitrogens with one attached hydrogen (secondary N) is 1. The smallest absolute Gasteiger partial charge is 0.318 e. The summed E-state index contributed by atoms with van der Waals surface area (Å²) < 4.78 is 12.1. The number of amides is 3. The number of aryl methyl sites for hydroxylation is 1. The van der Waals surface area contributed by atoms with E-state index in [1.54, 1.807) is 24.7 Å². The highest BCUT2D eigenvalue weighted by atomic mass is 32.2. The van der Waals surface area contributed by atoms with Crippen molar-refractivity contribution in [3.63, 3.8) is 0 Å². The maximum atomic E-state index is 12.0. The number of rotatable bonds is 7. The molecule has 2 rings (SSSR count). The molecule has 0 radical (unpaired) electrons. The largest absolute Gasteiger partial charge is 0.495 e. The number of hydrogen-bond acceptors (Lipinski definition) is 8. The van der Waals surface area contributed by atoms with Crippen LogP contribution in [0, 0.1) is 6.92 Å². The first-order chi connectivity index (χ1) is 12.8. The highest BCUT2D eigenvalue weighted by Crippen LogP contribution is 2.28. The lowest BCUT2D eigenvalue weighted by Crippen LogP contribution is -2.42. The summed E-state index contributed by atoms with van der Waals surface area (Å²) in [6.07, 6.45) is -1.15. The number of ether oxygens (including phenoxy) is 2. The van der Waals surface area contributed by atoms with Crippen molar-refractivity contribution in [1.29, 1.82) is 0 Å². The molecule has 3 N–H and O–H groups in total. The number of imide groups is 1. The number of nitrogens with two attached hydrogens (primary N) is 1. The molecule has 3 amide bonds. The number of hydrogen-bond donors (Lipinski definition) is 2. The molecule has 1 aromatic heterocycles. The van der Waals surface area contributed by atoms with E-state index in [0.29, 0.717) is 16.7 Å². The monoisotopic (exact) mass is 393 g/mol. The van der Waals surface area contributed by atoms with Crippen molar-refractivity contribution in [2.75, 3.05) is 12.9 Å². The van der Waals surface area contributed by atoms with Crippen molar-refractivity contribution in [2.24, 2.45) is 5.73 Å². The van der Waals surface area contributed by atoms with Gasteiger partial charge in [0.05, 0.1) is 18.6 Å². The van der Waals surface area contributed by atoms with E-state index >= 15 is 0 Å². The third-order valence-corrected chi connectivity index (χ3v) is 4.27. The molecule has 0 unspecified atom stereocenters. The Labute approximate surface area is 159 Å². The first-order valence-electron chi connectivity index (χ1n) is 7.81. The molecule has 0 aliphatic heterocycles. The van der Waals surface area contributed by atoms with E-state index in [2.05, 4.69) is 10.2 Å². The van der Waals surface area contributed by atoms with Crippen LogP contribution in [0.2, 0.25) is 0 Å². The molecule has 2 aromatic rings. The molecule has 10 nitrogen and oxygen atoms in total. The lowest BCUT2D eigenvalue weighted by Gasteiger charge is -2.13. The highest BCUT2D eigenvalue weighted by molar-refractivity contribution is 7.99. The molecule has 0 aliphatic carbocycles. The summed E-state index contributed by atoms with van der Waals surface area (Å²) in [5.74, 6) is -0.319. The Hall–Kier alpha value is -3.08. The number of carbonyl (C=O) groups excluding carboxylic acids is 3. The molecule has 0 bridgehead atoms. The topological polar surface area (TPSA) is 138 Å². The highest BCUT2D eigenvalue weighted by Gasteiger charge is 2.21. The van der Waals surface area contributed by atoms with Crippen LogP contribution in [-0.2, 0) is 14.3 Å². The zero-order valence-electron chi connectivity index (χ0n) is 15.0. The van der Waals surface area contributed by atoms with Gasteiger partial charge in [0, 0.05) is 0 Å². The Balaban J connectivity index is 2.06. The normalized spacial score (nSPS) is 11.5. The van der Waals surface area contributed by atoms with Crippen LogP contribution in [-0.4, -0.2) is 51.6 Å². The molecule has 1 atom stereocenters. The summed E-state index contributed by atoms with van der Waals surface area (Å²) in [5, 5.41) is 10.4. The van der Waals surface area contributed by atoms with Crippen LogP contribution < -0.4 is 15.8 Å². The number of para-hydroxylation sites is 2. The molecule has 0 aliphatic rings. The molecule has 0 saturated heterocycles. The van der Waals surface area contributed by atoms with E-state index in [9.17, 15) is 14.4 Å². The molecule has 144 valence electrons. The fraction of sp³-hybridized carbons (Fsp3) is 0.312. The van der Waals surface area contributed by atoms with E-state index < -0.39 is 24.0 Å². The zero-order chi connectivity index (χ0) is 20.0. The van der Waals surface area contributed by atoms with Gasteiger partial charge in [0.2, 0.25) is 0 Å². The predicted octanol–water partition coefficient (Wildman–Crippen LogP) is 0.803. The van der Waals surface area contributed by atoms with E-state index in [0.717, 1.165) is 17.4 Å². The number of esters is 1. The number of methoxy groups -OCH3 is 1. The van der Waals surface area contributed by atoms with Gasteiger partial charge >= 0.3 is 12.0 Å². The van der Waals surface area contributed by atoms with Crippen molar-refractivity contribution in [1.82, 2.24) is 20.1 Å². The van der Waals surface area contributed by atoms with Crippen molar-refractivity contribution in [2.45, 2.75) is 25.1 Å². The van der Waals surface area contributed by atoms with Crippen LogP contribution in [0.25, 0.3) is 5.69 Å². The minimum atomic E-state index is -1.15. The van der Waals surface area contributed by atoms with Crippen molar-refractivity contribution in [3.05, 3.63) is 30.1 Å². The summed E-state index contributed by atoms with van der Waals surface area (Å²) in [7, 11) is 1.56. The van der Waals surface area contributed by atoms with Crippen LogP contribution in [0.3, 0.4) is 0 Å². The van der Waals surface area contributed by atoms with Crippen LogP contribution in [0.5, 0.6) is 5.75 Å². The molecular weight excluding hydrogens is 374 g/mol. The maximum absolute atomic E-state index is 12.0. The Morgan fingerprint density at radius 2 is 2.00 bits per heavy atom. The molecular formula is C16H19N5O5S. The van der Waals surface area contributed by atoms with Gasteiger partial charge in [0.15, 0.2) is 11.3 Å². The molecule has 0 spiro atoms. The molecule has 27 heavy (non-hydrogen) atoms. The van der Waals surface area contributed by atoms with Crippen LogP contribution in [0.4, 0.5) is 4.79 Å². The summed E-state index contributed by atoms with van der Waals surface area (Å²) in [6, 6.07) is 6.31. The third-order valence-electron chi connectivity index (χ3n) is 3.36. The van der Waals surface area contributed by atoms with Gasteiger partial charge in [-0.1, -0.05) is 23.9 Å². The minimum Gasteiger partial charge on any atom is -0.495 e. The summed E-state index contributed by atoms with van der Waals surface area (Å²) in [5.41, 5.74) is 5.58. The number of primary amides is 1. The quantitative estimate of drug-likeness (QED) is 0.520. The zero-order valence-corrected chi connectivity index (χ0v) is 15.8. The second-order valence-electron chi connectivity index (χ2n) is 5.31. The van der Waals surface area contributed by atoms with Gasteiger partial charge in [-0.2, -0.15) is 0 Å². The summed E-state index contributed by atoms with van der Waals surface area (Å²) >= 11 is 1.09. The lowest BCUT2D eigenvalue weighted by molar-refractivity contribution is -0.151. The second-order valence-corrected chi connectivity index (χ2v) is 6.25. The summed E-state index contributed by atoms with van der Waals surface area (Å²) in [6.45, 7) is 3.11. The fourth-order valence-corrected chi connectivity index (χ4v) is 2.93. The SMILES string of the molecule is COc1ccccc1-n1c(C)nnc1SCC(=O)O[C@H](C)C(=O)NC(N)=O. The molecule has 0 saturated carbocycles. The standard InChI is InChI=1S/C16H19N5O5S/c1-9(14(23)18-15(17)24)26-13(22)8-27-16-20-19-10(2)21(16)11-6-4-5-7-12(11)25-3/h4-7,9H,8H2,1-3H3,(H3,17,18,23,24)/t9-/m1/s1. The van der Waals surface area contributed by atoms with E-state index in [1.165, 1.54) is 6.92 Å². The van der Waals surface area contributed by atoms with Gasteiger partial charge in [0.25, 0.3) is 5.91 Å². The van der Waals surface area contributed by atoms with E-state index in [4.69, 9.17) is 15.2 Å². The van der Waals surface area contributed by atoms with Crippen molar-refractivity contribution >= 4 is 29.7 Å². The average Bonchev–Trinajstić information content (AvgIpc) is 2.99. The van der Waals surface area contributed by atoms with Crippen LogP contribution in [0.15, 0.2) is 29.4 Å².